The second-order valence-corrected chi connectivity index (χ2v) is 5.37. The standard InChI is InChI=1S/C15H23NO/c1-12-4-3-5-13(10-12)11-16(2)14-6-8-15(17)9-7-14/h3-5,10,14-15,17H,6-9,11H2,1-2H3. The van der Waals surface area contributed by atoms with E-state index < -0.39 is 0 Å². The van der Waals surface area contributed by atoms with Crippen LogP contribution in [0.3, 0.4) is 0 Å². The zero-order valence-corrected chi connectivity index (χ0v) is 10.9. The molecule has 94 valence electrons. The van der Waals surface area contributed by atoms with E-state index in [2.05, 4.69) is 43.1 Å². The van der Waals surface area contributed by atoms with Crippen LogP contribution in [0.2, 0.25) is 0 Å². The van der Waals surface area contributed by atoms with Gasteiger partial charge in [-0.25, -0.2) is 0 Å². The van der Waals surface area contributed by atoms with Crippen LogP contribution in [0.4, 0.5) is 0 Å². The largest absolute Gasteiger partial charge is 0.393 e. The Labute approximate surface area is 104 Å². The average Bonchev–Trinajstić information content (AvgIpc) is 2.29. The molecule has 0 atom stereocenters. The van der Waals surface area contributed by atoms with Crippen LogP contribution in [-0.4, -0.2) is 29.2 Å². The molecule has 0 heterocycles. The molecule has 2 nitrogen and oxygen atoms in total. The highest BCUT2D eigenvalue weighted by atomic mass is 16.3. The van der Waals surface area contributed by atoms with Crippen LogP contribution < -0.4 is 0 Å². The van der Waals surface area contributed by atoms with Gasteiger partial charge in [-0.2, -0.15) is 0 Å². The fourth-order valence-electron chi connectivity index (χ4n) is 2.73. The molecule has 0 bridgehead atoms. The fourth-order valence-corrected chi connectivity index (χ4v) is 2.73. The molecule has 0 aliphatic heterocycles. The van der Waals surface area contributed by atoms with Crippen molar-refractivity contribution in [2.45, 2.75) is 51.3 Å². The molecule has 0 aromatic heterocycles. The van der Waals surface area contributed by atoms with E-state index in [0.29, 0.717) is 6.04 Å². The first kappa shape index (κ1) is 12.6. The van der Waals surface area contributed by atoms with Gasteiger partial charge in [-0.3, -0.25) is 4.90 Å². The van der Waals surface area contributed by atoms with E-state index in [1.807, 2.05) is 0 Å². The summed E-state index contributed by atoms with van der Waals surface area (Å²) < 4.78 is 0. The van der Waals surface area contributed by atoms with Crippen LogP contribution in [0.25, 0.3) is 0 Å². The maximum absolute atomic E-state index is 9.52. The zero-order chi connectivity index (χ0) is 12.3. The Morgan fingerprint density at radius 3 is 2.59 bits per heavy atom. The van der Waals surface area contributed by atoms with E-state index in [4.69, 9.17) is 0 Å². The van der Waals surface area contributed by atoms with Gasteiger partial charge in [0.25, 0.3) is 0 Å². The SMILES string of the molecule is Cc1cccc(CN(C)C2CCC(O)CC2)c1. The van der Waals surface area contributed by atoms with Gasteiger partial charge in [-0.05, 0) is 45.2 Å². The Bertz CT molecular complexity index is 356. The summed E-state index contributed by atoms with van der Waals surface area (Å²) in [6, 6.07) is 9.36. The number of aliphatic hydroxyl groups excluding tert-OH is 1. The second kappa shape index (κ2) is 5.65. The van der Waals surface area contributed by atoms with Gasteiger partial charge in [0.2, 0.25) is 0 Å². The molecular weight excluding hydrogens is 210 g/mol. The van der Waals surface area contributed by atoms with Crippen molar-refractivity contribution in [3.63, 3.8) is 0 Å². The first-order valence-corrected chi connectivity index (χ1v) is 6.59. The van der Waals surface area contributed by atoms with Crippen molar-refractivity contribution in [2.24, 2.45) is 0 Å². The van der Waals surface area contributed by atoms with Crippen molar-refractivity contribution in [1.29, 1.82) is 0 Å². The van der Waals surface area contributed by atoms with Crippen molar-refractivity contribution < 1.29 is 5.11 Å². The van der Waals surface area contributed by atoms with Gasteiger partial charge in [-0.15, -0.1) is 0 Å². The fraction of sp³-hybridized carbons (Fsp3) is 0.600. The molecule has 0 saturated heterocycles. The van der Waals surface area contributed by atoms with Crippen molar-refractivity contribution in [3.05, 3.63) is 35.4 Å². The van der Waals surface area contributed by atoms with Crippen LogP contribution in [0, 0.1) is 6.92 Å². The monoisotopic (exact) mass is 233 g/mol. The van der Waals surface area contributed by atoms with Gasteiger partial charge < -0.3 is 5.11 Å². The van der Waals surface area contributed by atoms with E-state index in [-0.39, 0.29) is 6.10 Å². The molecule has 0 unspecified atom stereocenters. The van der Waals surface area contributed by atoms with Crippen LogP contribution >= 0.6 is 0 Å². The highest BCUT2D eigenvalue weighted by Crippen LogP contribution is 2.23. The van der Waals surface area contributed by atoms with Gasteiger partial charge in [0.1, 0.15) is 0 Å². The number of hydrogen-bond donors (Lipinski definition) is 1. The summed E-state index contributed by atoms with van der Waals surface area (Å²) in [6.45, 7) is 3.16. The summed E-state index contributed by atoms with van der Waals surface area (Å²) >= 11 is 0. The molecule has 1 fully saturated rings. The molecule has 17 heavy (non-hydrogen) atoms. The molecular formula is C15H23NO. The van der Waals surface area contributed by atoms with Gasteiger partial charge in [0.15, 0.2) is 0 Å². The smallest absolute Gasteiger partial charge is 0.0541 e. The molecule has 2 rings (SSSR count). The molecule has 0 spiro atoms. The Hall–Kier alpha value is -0.860. The average molecular weight is 233 g/mol. The summed E-state index contributed by atoms with van der Waals surface area (Å²) in [5.41, 5.74) is 2.72. The van der Waals surface area contributed by atoms with E-state index in [9.17, 15) is 5.11 Å². The van der Waals surface area contributed by atoms with Crippen molar-refractivity contribution >= 4 is 0 Å². The van der Waals surface area contributed by atoms with Gasteiger partial charge in [0.05, 0.1) is 6.10 Å². The summed E-state index contributed by atoms with van der Waals surface area (Å²) in [4.78, 5) is 2.43. The van der Waals surface area contributed by atoms with Crippen LogP contribution in [0.5, 0.6) is 0 Å². The van der Waals surface area contributed by atoms with Crippen molar-refractivity contribution in [3.8, 4) is 0 Å². The minimum absolute atomic E-state index is 0.0568. The number of benzene rings is 1. The summed E-state index contributed by atoms with van der Waals surface area (Å²) in [5, 5.41) is 9.52. The Morgan fingerprint density at radius 2 is 1.94 bits per heavy atom. The molecule has 0 amide bonds. The lowest BCUT2D eigenvalue weighted by molar-refractivity contribution is 0.0818. The Kier molecular flexibility index (Phi) is 4.19. The predicted molar refractivity (Wildman–Crippen MR) is 70.9 cm³/mol. The number of rotatable bonds is 3. The summed E-state index contributed by atoms with van der Waals surface area (Å²) in [6.07, 6.45) is 4.12. The molecule has 0 radical (unpaired) electrons. The third-order valence-corrected chi connectivity index (χ3v) is 3.80. The minimum atomic E-state index is -0.0568. The van der Waals surface area contributed by atoms with Gasteiger partial charge in [0, 0.05) is 12.6 Å². The third kappa shape index (κ3) is 3.55. The Balaban J connectivity index is 1.90. The molecule has 1 aromatic rings. The lowest BCUT2D eigenvalue weighted by Gasteiger charge is -2.33. The maximum atomic E-state index is 9.52. The number of aryl methyl sites for hydroxylation is 1. The number of hydrogen-bond acceptors (Lipinski definition) is 2. The minimum Gasteiger partial charge on any atom is -0.393 e. The van der Waals surface area contributed by atoms with Crippen molar-refractivity contribution in [2.75, 3.05) is 7.05 Å². The molecule has 1 N–H and O–H groups in total. The van der Waals surface area contributed by atoms with Gasteiger partial charge in [-0.1, -0.05) is 29.8 Å². The first-order valence-electron chi connectivity index (χ1n) is 6.59. The van der Waals surface area contributed by atoms with Crippen LogP contribution in [0.15, 0.2) is 24.3 Å². The third-order valence-electron chi connectivity index (χ3n) is 3.80. The summed E-state index contributed by atoms with van der Waals surface area (Å²) in [7, 11) is 2.20. The molecule has 1 aliphatic carbocycles. The van der Waals surface area contributed by atoms with Gasteiger partial charge >= 0.3 is 0 Å². The molecule has 2 heteroatoms. The maximum Gasteiger partial charge on any atom is 0.0541 e. The van der Waals surface area contributed by atoms with E-state index >= 15 is 0 Å². The molecule has 1 aliphatic rings. The Morgan fingerprint density at radius 1 is 1.24 bits per heavy atom. The van der Waals surface area contributed by atoms with E-state index in [0.717, 1.165) is 32.2 Å². The second-order valence-electron chi connectivity index (χ2n) is 5.37. The summed E-state index contributed by atoms with van der Waals surface area (Å²) in [5.74, 6) is 0. The van der Waals surface area contributed by atoms with E-state index in [1.165, 1.54) is 11.1 Å². The lowest BCUT2D eigenvalue weighted by Crippen LogP contribution is -2.35. The van der Waals surface area contributed by atoms with E-state index in [1.54, 1.807) is 0 Å². The number of aliphatic hydroxyl groups is 1. The molecule has 1 aromatic carbocycles. The normalized spacial score (nSPS) is 25.2. The first-order chi connectivity index (χ1) is 8.15. The van der Waals surface area contributed by atoms with Crippen molar-refractivity contribution in [1.82, 2.24) is 4.90 Å². The lowest BCUT2D eigenvalue weighted by atomic mass is 9.92. The zero-order valence-electron chi connectivity index (χ0n) is 10.9. The van der Waals surface area contributed by atoms with Crippen LogP contribution in [-0.2, 0) is 6.54 Å². The molecule has 1 saturated carbocycles. The predicted octanol–water partition coefficient (Wildman–Crippen LogP) is 2.73. The highest BCUT2D eigenvalue weighted by Gasteiger charge is 2.22. The highest BCUT2D eigenvalue weighted by molar-refractivity contribution is 5.22. The number of nitrogens with zero attached hydrogens (tertiary/aromatic N) is 1. The topological polar surface area (TPSA) is 23.5 Å². The van der Waals surface area contributed by atoms with Crippen LogP contribution in [0.1, 0.15) is 36.8 Å². The quantitative estimate of drug-likeness (QED) is 0.867.